The minimum absolute atomic E-state index is 0.108. The maximum Gasteiger partial charge on any atom is 0.350 e. The molecule has 9 nitrogen and oxygen atoms in total. The number of hydrogen-bond acceptors (Lipinski definition) is 8. The number of hydrazine groups is 1. The molecule has 1 aliphatic rings. The van der Waals surface area contributed by atoms with E-state index in [9.17, 15) is 19.2 Å². The van der Waals surface area contributed by atoms with Gasteiger partial charge in [-0.2, -0.15) is 0 Å². The summed E-state index contributed by atoms with van der Waals surface area (Å²) in [6, 6.07) is 25.1. The molecule has 0 aliphatic carbocycles. The first-order chi connectivity index (χ1) is 21.9. The largest absolute Gasteiger partial charge is 0.465 e. The Balaban J connectivity index is 1.96. The molecule has 1 heterocycles. The molecule has 0 radical (unpaired) electrons. The summed E-state index contributed by atoms with van der Waals surface area (Å²) in [5, 5.41) is 5.75. The van der Waals surface area contributed by atoms with Gasteiger partial charge in [-0.05, 0) is 63.8 Å². The van der Waals surface area contributed by atoms with Gasteiger partial charge >= 0.3 is 11.9 Å². The maximum absolute atomic E-state index is 14.8. The SMILES string of the molecule is CCOC(=O)[C@H](CCc1ccccc1)N[C@](Cc1ccccc1)(C(=O)OC(C)(C)C)N(C(C)=O)N1C(=O)CCSc2ccccc21. The van der Waals surface area contributed by atoms with Crippen molar-refractivity contribution in [3.05, 3.63) is 96.1 Å². The average molecular weight is 646 g/mol. The number of ether oxygens (including phenoxy) is 2. The lowest BCUT2D eigenvalue weighted by atomic mass is 9.94. The van der Waals surface area contributed by atoms with E-state index in [1.54, 1.807) is 39.8 Å². The number of anilines is 1. The minimum Gasteiger partial charge on any atom is -0.465 e. The van der Waals surface area contributed by atoms with Crippen LogP contribution < -0.4 is 10.3 Å². The molecule has 3 aromatic rings. The molecule has 0 bridgehead atoms. The average Bonchev–Trinajstić information content (AvgIpc) is 3.17. The number of fused-ring (bicyclic) bond motifs is 1. The number of carbonyl (C=O) groups is 4. The summed E-state index contributed by atoms with van der Waals surface area (Å²) in [4.78, 5) is 57.3. The highest BCUT2D eigenvalue weighted by Gasteiger charge is 2.54. The number of esters is 2. The number of aryl methyl sites for hydroxylation is 1. The highest BCUT2D eigenvalue weighted by atomic mass is 32.2. The zero-order chi connectivity index (χ0) is 33.3. The molecule has 46 heavy (non-hydrogen) atoms. The van der Waals surface area contributed by atoms with Gasteiger partial charge in [0, 0.05) is 30.4 Å². The van der Waals surface area contributed by atoms with Crippen LogP contribution in [0.25, 0.3) is 0 Å². The van der Waals surface area contributed by atoms with E-state index in [2.05, 4.69) is 5.32 Å². The van der Waals surface area contributed by atoms with Crippen LogP contribution in [0.15, 0.2) is 89.8 Å². The number of nitrogens with zero attached hydrogens (tertiary/aromatic N) is 2. The molecule has 10 heteroatoms. The van der Waals surface area contributed by atoms with Gasteiger partial charge in [-0.3, -0.25) is 19.7 Å². The molecule has 0 unspecified atom stereocenters. The maximum atomic E-state index is 14.8. The zero-order valence-corrected chi connectivity index (χ0v) is 28.0. The van der Waals surface area contributed by atoms with Gasteiger partial charge in [-0.1, -0.05) is 72.8 Å². The Bertz CT molecular complexity index is 1510. The van der Waals surface area contributed by atoms with Gasteiger partial charge in [0.05, 0.1) is 12.3 Å². The van der Waals surface area contributed by atoms with E-state index in [-0.39, 0.29) is 31.8 Å². The van der Waals surface area contributed by atoms with E-state index >= 15 is 0 Å². The molecule has 4 rings (SSSR count). The number of hydrogen-bond donors (Lipinski definition) is 1. The lowest BCUT2D eigenvalue weighted by Gasteiger charge is -2.48. The summed E-state index contributed by atoms with van der Waals surface area (Å²) in [6.07, 6.45) is 0.737. The predicted molar refractivity (Wildman–Crippen MR) is 179 cm³/mol. The van der Waals surface area contributed by atoms with Gasteiger partial charge < -0.3 is 9.47 Å². The lowest BCUT2D eigenvalue weighted by Crippen LogP contribution is -2.75. The molecule has 244 valence electrons. The summed E-state index contributed by atoms with van der Waals surface area (Å²) in [5.74, 6) is -1.86. The Morgan fingerprint density at radius 1 is 0.935 bits per heavy atom. The highest BCUT2D eigenvalue weighted by molar-refractivity contribution is 7.99. The van der Waals surface area contributed by atoms with Crippen molar-refractivity contribution in [1.82, 2.24) is 10.3 Å². The van der Waals surface area contributed by atoms with E-state index in [0.29, 0.717) is 23.4 Å². The van der Waals surface area contributed by atoms with E-state index in [4.69, 9.17) is 9.47 Å². The molecule has 0 fully saturated rings. The smallest absolute Gasteiger partial charge is 0.350 e. The number of rotatable bonds is 12. The van der Waals surface area contributed by atoms with Gasteiger partial charge in [0.2, 0.25) is 17.5 Å². The van der Waals surface area contributed by atoms with E-state index < -0.39 is 35.2 Å². The Hall–Kier alpha value is -4.15. The lowest BCUT2D eigenvalue weighted by molar-refractivity contribution is -0.180. The van der Waals surface area contributed by atoms with Crippen LogP contribution in [-0.4, -0.2) is 58.4 Å². The van der Waals surface area contributed by atoms with Crippen molar-refractivity contribution in [1.29, 1.82) is 0 Å². The van der Waals surface area contributed by atoms with E-state index in [1.165, 1.54) is 23.7 Å². The van der Waals surface area contributed by atoms with Crippen LogP contribution in [0.2, 0.25) is 0 Å². The second kappa shape index (κ2) is 15.4. The number of amides is 2. The second-order valence-electron chi connectivity index (χ2n) is 12.1. The van der Waals surface area contributed by atoms with Gasteiger partial charge in [-0.15, -0.1) is 11.8 Å². The molecule has 2 amide bonds. The van der Waals surface area contributed by atoms with Crippen LogP contribution in [0.1, 0.15) is 58.6 Å². The monoisotopic (exact) mass is 645 g/mol. The first kappa shape index (κ1) is 34.7. The third-order valence-corrected chi connectivity index (χ3v) is 8.42. The molecule has 0 aromatic heterocycles. The Morgan fingerprint density at radius 3 is 2.15 bits per heavy atom. The van der Waals surface area contributed by atoms with Crippen molar-refractivity contribution in [3.63, 3.8) is 0 Å². The fraction of sp³-hybridized carbons (Fsp3) is 0.389. The van der Waals surface area contributed by atoms with Crippen molar-refractivity contribution in [2.45, 2.75) is 82.5 Å². The van der Waals surface area contributed by atoms with Crippen LogP contribution in [-0.2, 0) is 41.5 Å². The topological polar surface area (TPSA) is 105 Å². The fourth-order valence-electron chi connectivity index (χ4n) is 5.44. The first-order valence-electron chi connectivity index (χ1n) is 15.6. The number of benzene rings is 3. The summed E-state index contributed by atoms with van der Waals surface area (Å²) in [5.41, 5.74) is -0.885. The van der Waals surface area contributed by atoms with Crippen molar-refractivity contribution in [2.24, 2.45) is 0 Å². The van der Waals surface area contributed by atoms with Gasteiger partial charge in [0.1, 0.15) is 11.6 Å². The standard InChI is InChI=1S/C36H43N3O6S/c1-6-44-33(42)29(22-21-27-15-9-7-10-16-27)37-36(34(43)45-35(3,4)5,25-28-17-11-8-12-18-28)39(26(2)40)38-30-19-13-14-20-31(30)46-24-23-32(38)41/h7-20,29,37H,6,21-25H2,1-5H3/t29-,36-/m0/s1. The highest BCUT2D eigenvalue weighted by Crippen LogP contribution is 2.38. The Labute approximate surface area is 275 Å². The molecule has 1 aliphatic heterocycles. The molecule has 0 saturated heterocycles. The van der Waals surface area contributed by atoms with Crippen molar-refractivity contribution >= 4 is 41.2 Å². The molecular formula is C36H43N3O6S. The first-order valence-corrected chi connectivity index (χ1v) is 16.5. The molecule has 3 aromatic carbocycles. The molecule has 0 saturated carbocycles. The fourth-order valence-corrected chi connectivity index (χ4v) is 6.41. The normalized spacial score (nSPS) is 15.2. The number of thioether (sulfide) groups is 1. The van der Waals surface area contributed by atoms with Crippen LogP contribution in [0.4, 0.5) is 5.69 Å². The van der Waals surface area contributed by atoms with Crippen LogP contribution >= 0.6 is 11.8 Å². The summed E-state index contributed by atoms with van der Waals surface area (Å²) < 4.78 is 11.6. The summed E-state index contributed by atoms with van der Waals surface area (Å²) in [6.45, 7) is 8.34. The van der Waals surface area contributed by atoms with E-state index in [1.807, 2.05) is 72.8 Å². The molecule has 1 N–H and O–H groups in total. The summed E-state index contributed by atoms with van der Waals surface area (Å²) >= 11 is 1.50. The van der Waals surface area contributed by atoms with Crippen LogP contribution in [0.5, 0.6) is 0 Å². The second-order valence-corrected chi connectivity index (χ2v) is 13.2. The molecular weight excluding hydrogens is 602 g/mol. The van der Waals surface area contributed by atoms with Gasteiger partial charge in [0.15, 0.2) is 0 Å². The summed E-state index contributed by atoms with van der Waals surface area (Å²) in [7, 11) is 0. The van der Waals surface area contributed by atoms with Crippen molar-refractivity contribution in [2.75, 3.05) is 17.4 Å². The van der Waals surface area contributed by atoms with Gasteiger partial charge in [-0.25, -0.2) is 14.8 Å². The number of carbonyl (C=O) groups excluding carboxylic acids is 4. The minimum atomic E-state index is -2.05. The zero-order valence-electron chi connectivity index (χ0n) is 27.2. The van der Waals surface area contributed by atoms with Crippen molar-refractivity contribution in [3.8, 4) is 0 Å². The van der Waals surface area contributed by atoms with E-state index in [0.717, 1.165) is 15.5 Å². The molecule has 0 spiro atoms. The third-order valence-electron chi connectivity index (χ3n) is 7.35. The number of para-hydroxylation sites is 1. The van der Waals surface area contributed by atoms with Gasteiger partial charge in [0.25, 0.3) is 0 Å². The van der Waals surface area contributed by atoms with Crippen molar-refractivity contribution < 1.29 is 28.7 Å². The molecule has 2 atom stereocenters. The number of nitrogens with one attached hydrogen (secondary N) is 1. The predicted octanol–water partition coefficient (Wildman–Crippen LogP) is 5.71. The Morgan fingerprint density at radius 2 is 1.54 bits per heavy atom. The quantitative estimate of drug-likeness (QED) is 0.197. The third kappa shape index (κ3) is 8.55. The Kier molecular flexibility index (Phi) is 11.6. The van der Waals surface area contributed by atoms with Crippen LogP contribution in [0, 0.1) is 0 Å². The van der Waals surface area contributed by atoms with Crippen LogP contribution in [0.3, 0.4) is 0 Å².